The van der Waals surface area contributed by atoms with Crippen LogP contribution in [0.25, 0.3) is 11.0 Å². The van der Waals surface area contributed by atoms with E-state index in [1.807, 2.05) is 0 Å². The second kappa shape index (κ2) is 3.73. The molecule has 0 spiro atoms. The molecule has 7 nitrogen and oxygen atoms in total. The van der Waals surface area contributed by atoms with Crippen LogP contribution in [0.4, 0.5) is 10.6 Å². The van der Waals surface area contributed by atoms with E-state index in [2.05, 4.69) is 10.3 Å². The molecule has 2 aromatic rings. The molecule has 3 N–H and O–H groups in total. The molecular formula is C11H11N5O2. The van der Waals surface area contributed by atoms with Crippen LogP contribution in [0.2, 0.25) is 0 Å². The van der Waals surface area contributed by atoms with Gasteiger partial charge in [0, 0.05) is 13.1 Å². The lowest BCUT2D eigenvalue weighted by molar-refractivity contribution is 0.252. The molecule has 1 fully saturated rings. The third-order valence-corrected chi connectivity index (χ3v) is 2.89. The van der Waals surface area contributed by atoms with Crippen LogP contribution < -0.4 is 21.6 Å². The van der Waals surface area contributed by atoms with Gasteiger partial charge in [-0.25, -0.2) is 14.5 Å². The lowest BCUT2D eigenvalue weighted by Crippen LogP contribution is -2.38. The van der Waals surface area contributed by atoms with E-state index >= 15 is 0 Å². The van der Waals surface area contributed by atoms with Gasteiger partial charge in [-0.3, -0.25) is 9.69 Å². The minimum absolute atomic E-state index is 0.0613. The van der Waals surface area contributed by atoms with Crippen LogP contribution in [-0.2, 0) is 0 Å². The Morgan fingerprint density at radius 3 is 2.78 bits per heavy atom. The molecule has 1 aromatic heterocycles. The van der Waals surface area contributed by atoms with E-state index in [0.29, 0.717) is 24.1 Å². The van der Waals surface area contributed by atoms with Gasteiger partial charge >= 0.3 is 11.6 Å². The molecule has 1 saturated heterocycles. The minimum Gasteiger partial charge on any atom is -0.336 e. The van der Waals surface area contributed by atoms with Crippen molar-refractivity contribution in [3.8, 4) is 0 Å². The van der Waals surface area contributed by atoms with Crippen LogP contribution >= 0.6 is 0 Å². The highest BCUT2D eigenvalue weighted by atomic mass is 16.2. The predicted molar refractivity (Wildman–Crippen MR) is 66.9 cm³/mol. The van der Waals surface area contributed by atoms with E-state index < -0.39 is 5.56 Å². The first kappa shape index (κ1) is 10.6. The van der Waals surface area contributed by atoms with E-state index in [1.165, 1.54) is 4.90 Å². The average Bonchev–Trinajstić information content (AvgIpc) is 2.80. The van der Waals surface area contributed by atoms with Crippen LogP contribution in [0, 0.1) is 0 Å². The number of nitrogens with two attached hydrogens (primary N) is 1. The molecule has 18 heavy (non-hydrogen) atoms. The maximum absolute atomic E-state index is 12.1. The number of hydrogen-bond donors (Lipinski definition) is 2. The third kappa shape index (κ3) is 1.41. The number of anilines is 1. The largest absolute Gasteiger partial charge is 0.336 e. The summed E-state index contributed by atoms with van der Waals surface area (Å²) in [5, 5.41) is 2.62. The lowest BCUT2D eigenvalue weighted by Gasteiger charge is -2.14. The van der Waals surface area contributed by atoms with Gasteiger partial charge in [0.15, 0.2) is 0 Å². The first-order valence-corrected chi connectivity index (χ1v) is 5.51. The Morgan fingerprint density at radius 2 is 2.06 bits per heavy atom. The molecule has 2 amide bonds. The van der Waals surface area contributed by atoms with Crippen molar-refractivity contribution in [2.75, 3.05) is 23.8 Å². The Bertz CT molecular complexity index is 693. The van der Waals surface area contributed by atoms with Gasteiger partial charge in [0.05, 0.1) is 11.0 Å². The Morgan fingerprint density at radius 1 is 1.28 bits per heavy atom. The summed E-state index contributed by atoms with van der Waals surface area (Å²) in [6, 6.07) is 6.70. The maximum Gasteiger partial charge on any atom is 0.323 e. The second-order valence-corrected chi connectivity index (χ2v) is 3.98. The monoisotopic (exact) mass is 245 g/mol. The molecule has 0 atom stereocenters. The Balaban J connectivity index is 2.27. The fourth-order valence-electron chi connectivity index (χ4n) is 1.99. The van der Waals surface area contributed by atoms with Gasteiger partial charge in [0.1, 0.15) is 0 Å². The van der Waals surface area contributed by atoms with Crippen molar-refractivity contribution >= 4 is 22.9 Å². The number of hydrogen-bond acceptors (Lipinski definition) is 4. The van der Waals surface area contributed by atoms with E-state index in [-0.39, 0.29) is 11.8 Å². The molecular weight excluding hydrogens is 234 g/mol. The van der Waals surface area contributed by atoms with E-state index in [0.717, 1.165) is 4.68 Å². The Hall–Kier alpha value is -2.57. The van der Waals surface area contributed by atoms with Gasteiger partial charge in [-0.15, -0.1) is 0 Å². The summed E-state index contributed by atoms with van der Waals surface area (Å²) < 4.78 is 1.02. The molecule has 3 rings (SSSR count). The SMILES string of the molecule is Nn1c(=O)c(N2CCNC2=O)nc2ccccc21. The highest BCUT2D eigenvalue weighted by Crippen LogP contribution is 2.13. The molecule has 1 aliphatic rings. The summed E-state index contributed by atoms with van der Waals surface area (Å²) in [5.41, 5.74) is 0.630. The fraction of sp³-hybridized carbons (Fsp3) is 0.182. The first-order valence-electron chi connectivity index (χ1n) is 5.51. The summed E-state index contributed by atoms with van der Waals surface area (Å²) in [4.78, 5) is 29.2. The molecule has 0 bridgehead atoms. The molecule has 0 aliphatic carbocycles. The van der Waals surface area contributed by atoms with Crippen LogP contribution in [0.5, 0.6) is 0 Å². The minimum atomic E-state index is -0.481. The molecule has 7 heteroatoms. The number of carbonyl (C=O) groups is 1. The van der Waals surface area contributed by atoms with Gasteiger partial charge in [0.25, 0.3) is 0 Å². The normalized spacial score (nSPS) is 15.1. The predicted octanol–water partition coefficient (Wildman–Crippen LogP) is -0.360. The zero-order valence-electron chi connectivity index (χ0n) is 9.46. The highest BCUT2D eigenvalue weighted by Gasteiger charge is 2.26. The van der Waals surface area contributed by atoms with E-state index in [9.17, 15) is 9.59 Å². The molecule has 0 unspecified atom stereocenters. The lowest BCUT2D eigenvalue weighted by atomic mass is 10.3. The summed E-state index contributed by atoms with van der Waals surface area (Å²) in [5.74, 6) is 5.80. The number of nitrogen functional groups attached to an aromatic ring is 1. The van der Waals surface area contributed by atoms with Gasteiger partial charge < -0.3 is 11.2 Å². The average molecular weight is 245 g/mol. The number of benzene rings is 1. The number of aromatic nitrogens is 2. The fourth-order valence-corrected chi connectivity index (χ4v) is 1.99. The van der Waals surface area contributed by atoms with Crippen LogP contribution in [0.3, 0.4) is 0 Å². The Kier molecular flexibility index (Phi) is 2.19. The zero-order chi connectivity index (χ0) is 12.7. The molecule has 92 valence electrons. The van der Waals surface area contributed by atoms with Gasteiger partial charge in [-0.2, -0.15) is 0 Å². The molecule has 0 radical (unpaired) electrons. The zero-order valence-corrected chi connectivity index (χ0v) is 9.46. The number of para-hydroxylation sites is 2. The molecule has 1 aliphatic heterocycles. The van der Waals surface area contributed by atoms with E-state index in [4.69, 9.17) is 5.84 Å². The molecule has 0 saturated carbocycles. The maximum atomic E-state index is 12.1. The summed E-state index contributed by atoms with van der Waals surface area (Å²) in [6.45, 7) is 0.913. The number of carbonyl (C=O) groups excluding carboxylic acids is 1. The number of nitrogens with one attached hydrogen (secondary N) is 1. The molecule has 2 heterocycles. The van der Waals surface area contributed by atoms with Crippen molar-refractivity contribution in [2.45, 2.75) is 0 Å². The smallest absolute Gasteiger partial charge is 0.323 e. The first-order chi connectivity index (χ1) is 8.68. The Labute approximate surface area is 102 Å². The van der Waals surface area contributed by atoms with Crippen molar-refractivity contribution in [3.05, 3.63) is 34.6 Å². The summed E-state index contributed by atoms with van der Waals surface area (Å²) in [6.07, 6.45) is 0. The standard InChI is InChI=1S/C11H11N5O2/c12-16-8-4-2-1-3-7(8)14-9(10(16)17)15-6-5-13-11(15)18/h1-4H,5-6,12H2,(H,13,18). The van der Waals surface area contributed by atoms with Gasteiger partial charge in [-0.05, 0) is 12.1 Å². The number of fused-ring (bicyclic) bond motifs is 1. The number of nitrogens with zero attached hydrogens (tertiary/aromatic N) is 3. The van der Waals surface area contributed by atoms with Crippen molar-refractivity contribution in [2.24, 2.45) is 0 Å². The van der Waals surface area contributed by atoms with Crippen molar-refractivity contribution in [1.29, 1.82) is 0 Å². The topological polar surface area (TPSA) is 93.2 Å². The van der Waals surface area contributed by atoms with Crippen LogP contribution in [0.1, 0.15) is 0 Å². The summed E-state index contributed by atoms with van der Waals surface area (Å²) >= 11 is 0. The number of urea groups is 1. The van der Waals surface area contributed by atoms with Crippen LogP contribution in [0.15, 0.2) is 29.1 Å². The van der Waals surface area contributed by atoms with Crippen molar-refractivity contribution in [1.82, 2.24) is 15.0 Å². The highest BCUT2D eigenvalue weighted by molar-refractivity contribution is 5.93. The van der Waals surface area contributed by atoms with Crippen molar-refractivity contribution in [3.63, 3.8) is 0 Å². The number of amides is 2. The van der Waals surface area contributed by atoms with E-state index in [1.54, 1.807) is 24.3 Å². The van der Waals surface area contributed by atoms with Crippen LogP contribution in [-0.4, -0.2) is 28.8 Å². The third-order valence-electron chi connectivity index (χ3n) is 2.89. The van der Waals surface area contributed by atoms with Gasteiger partial charge in [0.2, 0.25) is 5.82 Å². The van der Waals surface area contributed by atoms with Gasteiger partial charge in [-0.1, -0.05) is 12.1 Å². The second-order valence-electron chi connectivity index (χ2n) is 3.98. The quantitative estimate of drug-likeness (QED) is 0.671. The summed E-state index contributed by atoms with van der Waals surface area (Å²) in [7, 11) is 0. The van der Waals surface area contributed by atoms with Crippen molar-refractivity contribution < 1.29 is 4.79 Å². The number of rotatable bonds is 1. The molecule has 1 aromatic carbocycles.